The van der Waals surface area contributed by atoms with E-state index in [0.29, 0.717) is 0 Å². The highest BCUT2D eigenvalue weighted by Crippen LogP contribution is 2.26. The van der Waals surface area contributed by atoms with Gasteiger partial charge in [0.1, 0.15) is 0 Å². The fourth-order valence-corrected chi connectivity index (χ4v) is 4.77. The van der Waals surface area contributed by atoms with Crippen molar-refractivity contribution in [2.75, 3.05) is 0 Å². The quantitative estimate of drug-likeness (QED) is 0.867. The van der Waals surface area contributed by atoms with Gasteiger partial charge < -0.3 is 0 Å². The summed E-state index contributed by atoms with van der Waals surface area (Å²) in [5.74, 6) is -3.32. The Balaban J connectivity index is 2.21. The molecule has 0 amide bonds. The molecule has 0 aromatic heterocycles. The summed E-state index contributed by atoms with van der Waals surface area (Å²) in [4.78, 5) is -0.735. The zero-order valence-electron chi connectivity index (χ0n) is 12.6. The fraction of sp³-hybridized carbons (Fsp3) is 0.571. The van der Waals surface area contributed by atoms with Gasteiger partial charge in [0.2, 0.25) is 19.9 Å². The van der Waals surface area contributed by atoms with Crippen LogP contribution in [0.5, 0.6) is 0 Å². The monoisotopic (exact) mass is 367 g/mol. The summed E-state index contributed by atoms with van der Waals surface area (Å²) in [7, 11) is -8.53. The average Bonchev–Trinajstić information content (AvgIpc) is 2.49. The van der Waals surface area contributed by atoms with Crippen molar-refractivity contribution in [1.82, 2.24) is 4.72 Å². The molecule has 0 radical (unpaired) electrons. The first-order valence-electron chi connectivity index (χ1n) is 7.29. The summed E-state index contributed by atoms with van der Waals surface area (Å²) in [6.45, 7) is 1.98. The van der Waals surface area contributed by atoms with Gasteiger partial charge in [0, 0.05) is 6.04 Å². The van der Waals surface area contributed by atoms with E-state index >= 15 is 0 Å². The zero-order valence-corrected chi connectivity index (χ0v) is 14.2. The van der Waals surface area contributed by atoms with Crippen LogP contribution in [-0.4, -0.2) is 28.6 Å². The molecule has 0 bridgehead atoms. The van der Waals surface area contributed by atoms with Gasteiger partial charge in [-0.1, -0.05) is 19.8 Å². The summed E-state index contributed by atoms with van der Waals surface area (Å²) in [5.41, 5.74) is 0. The maximum absolute atomic E-state index is 12.5. The first-order valence-corrected chi connectivity index (χ1v) is 10.3. The first kappa shape index (κ1) is 18.3. The van der Waals surface area contributed by atoms with Crippen molar-refractivity contribution in [1.29, 1.82) is 0 Å². The molecule has 2 rings (SSSR count). The Morgan fingerprint density at radius 1 is 1.00 bits per heavy atom. The molecule has 2 unspecified atom stereocenters. The molecule has 130 valence electrons. The van der Waals surface area contributed by atoms with Crippen LogP contribution in [0.3, 0.4) is 0 Å². The summed E-state index contributed by atoms with van der Waals surface area (Å²) < 4.78 is 74.9. The summed E-state index contributed by atoms with van der Waals surface area (Å²) in [6.07, 6.45) is 3.71. The van der Waals surface area contributed by atoms with Gasteiger partial charge in [-0.15, -0.1) is 0 Å². The van der Waals surface area contributed by atoms with Crippen molar-refractivity contribution in [2.24, 2.45) is 5.92 Å². The van der Waals surface area contributed by atoms with E-state index in [4.69, 9.17) is 0 Å². The second-order valence-corrected chi connectivity index (χ2v) is 9.40. The van der Waals surface area contributed by atoms with Crippen molar-refractivity contribution < 1.29 is 25.6 Å². The molecule has 1 aliphatic carbocycles. The molecule has 1 saturated carbocycles. The van der Waals surface area contributed by atoms with E-state index in [9.17, 15) is 25.6 Å². The number of rotatable bonds is 5. The molecule has 0 saturated heterocycles. The second-order valence-electron chi connectivity index (χ2n) is 5.77. The average molecular weight is 367 g/mol. The third-order valence-electron chi connectivity index (χ3n) is 4.12. The minimum atomic E-state index is -4.72. The lowest BCUT2D eigenvalue weighted by molar-refractivity contribution is 0.234. The molecular weight excluding hydrogens is 348 g/mol. The van der Waals surface area contributed by atoms with E-state index in [1.54, 1.807) is 0 Å². The van der Waals surface area contributed by atoms with Gasteiger partial charge in [0.25, 0.3) is 0 Å². The predicted octanol–water partition coefficient (Wildman–Crippen LogP) is 2.54. The van der Waals surface area contributed by atoms with Crippen LogP contribution < -0.4 is 4.72 Å². The van der Waals surface area contributed by atoms with Crippen LogP contribution in [-0.2, 0) is 19.9 Å². The van der Waals surface area contributed by atoms with Crippen LogP contribution in [0.4, 0.5) is 8.78 Å². The largest absolute Gasteiger partial charge is 0.341 e. The number of nitrogens with one attached hydrogen (secondary N) is 1. The normalized spacial score (nSPS) is 23.1. The molecule has 0 aliphatic heterocycles. The van der Waals surface area contributed by atoms with Gasteiger partial charge in [-0.3, -0.25) is 0 Å². The van der Waals surface area contributed by atoms with Gasteiger partial charge >= 0.3 is 5.76 Å². The molecule has 0 heterocycles. The van der Waals surface area contributed by atoms with Gasteiger partial charge in [-0.2, -0.15) is 8.78 Å². The van der Waals surface area contributed by atoms with Crippen molar-refractivity contribution in [3.05, 3.63) is 24.3 Å². The van der Waals surface area contributed by atoms with E-state index < -0.39 is 30.5 Å². The number of halogens is 2. The minimum Gasteiger partial charge on any atom is -0.218 e. The minimum absolute atomic E-state index is 0.136. The highest BCUT2D eigenvalue weighted by atomic mass is 32.2. The van der Waals surface area contributed by atoms with E-state index in [-0.39, 0.29) is 16.9 Å². The highest BCUT2D eigenvalue weighted by molar-refractivity contribution is 7.91. The van der Waals surface area contributed by atoms with Gasteiger partial charge in [-0.05, 0) is 43.0 Å². The van der Waals surface area contributed by atoms with E-state index in [1.807, 2.05) is 6.92 Å². The Bertz CT molecular complexity index is 745. The van der Waals surface area contributed by atoms with Crippen molar-refractivity contribution in [3.8, 4) is 0 Å². The number of sulfonamides is 1. The Morgan fingerprint density at radius 3 is 2.04 bits per heavy atom. The third kappa shape index (κ3) is 4.07. The zero-order chi connectivity index (χ0) is 17.3. The lowest BCUT2D eigenvalue weighted by atomic mass is 9.87. The fourth-order valence-electron chi connectivity index (χ4n) is 2.67. The van der Waals surface area contributed by atoms with Crippen LogP contribution in [0.25, 0.3) is 0 Å². The highest BCUT2D eigenvalue weighted by Gasteiger charge is 2.29. The van der Waals surface area contributed by atoms with Crippen molar-refractivity contribution >= 4 is 19.9 Å². The lowest BCUT2D eigenvalue weighted by Gasteiger charge is -2.29. The lowest BCUT2D eigenvalue weighted by Crippen LogP contribution is -2.40. The summed E-state index contributed by atoms with van der Waals surface area (Å²) in [5, 5.41) is 0. The predicted molar refractivity (Wildman–Crippen MR) is 81.4 cm³/mol. The standard InChI is InChI=1S/C14H19F2NO4S2/c1-10-4-2-3-5-13(10)17-23(20,21)12-8-6-11(7-9-12)22(18,19)14(15)16/h6-10,13-14,17H,2-5H2,1H3. The molecule has 1 aromatic carbocycles. The Kier molecular flexibility index (Phi) is 5.42. The number of alkyl halides is 2. The summed E-state index contributed by atoms with van der Waals surface area (Å²) in [6, 6.07) is 3.68. The van der Waals surface area contributed by atoms with Crippen LogP contribution in [0, 0.1) is 5.92 Å². The number of hydrogen-bond acceptors (Lipinski definition) is 4. The molecule has 23 heavy (non-hydrogen) atoms. The van der Waals surface area contributed by atoms with E-state index in [0.717, 1.165) is 49.9 Å². The van der Waals surface area contributed by atoms with E-state index in [1.165, 1.54) is 0 Å². The van der Waals surface area contributed by atoms with Gasteiger partial charge in [0.05, 0.1) is 9.79 Å². The van der Waals surface area contributed by atoms with Crippen molar-refractivity contribution in [2.45, 2.75) is 54.2 Å². The molecular formula is C14H19F2NO4S2. The molecule has 5 nitrogen and oxygen atoms in total. The molecule has 9 heteroatoms. The SMILES string of the molecule is CC1CCCCC1NS(=O)(=O)c1ccc(S(=O)(=O)C(F)F)cc1. The van der Waals surface area contributed by atoms with Crippen LogP contribution in [0.2, 0.25) is 0 Å². The second kappa shape index (κ2) is 6.82. The molecule has 1 fully saturated rings. The van der Waals surface area contributed by atoms with Crippen LogP contribution in [0.15, 0.2) is 34.1 Å². The molecule has 1 aromatic rings. The van der Waals surface area contributed by atoms with Gasteiger partial charge in [0.15, 0.2) is 0 Å². The Labute approximate surface area is 135 Å². The number of hydrogen-bond donors (Lipinski definition) is 1. The third-order valence-corrected chi connectivity index (χ3v) is 7.02. The smallest absolute Gasteiger partial charge is 0.218 e. The Morgan fingerprint density at radius 2 is 1.52 bits per heavy atom. The van der Waals surface area contributed by atoms with Crippen molar-refractivity contribution in [3.63, 3.8) is 0 Å². The number of sulfone groups is 1. The Hall–Kier alpha value is -1.06. The summed E-state index contributed by atoms with van der Waals surface area (Å²) >= 11 is 0. The maximum atomic E-state index is 12.5. The molecule has 1 aliphatic rings. The first-order chi connectivity index (χ1) is 10.6. The topological polar surface area (TPSA) is 80.3 Å². The van der Waals surface area contributed by atoms with Gasteiger partial charge in [-0.25, -0.2) is 21.6 Å². The maximum Gasteiger partial charge on any atom is 0.341 e. The molecule has 2 atom stereocenters. The number of benzene rings is 1. The van der Waals surface area contributed by atoms with E-state index in [2.05, 4.69) is 4.72 Å². The van der Waals surface area contributed by atoms with Crippen LogP contribution >= 0.6 is 0 Å². The molecule has 0 spiro atoms. The molecule has 1 N–H and O–H groups in total. The van der Waals surface area contributed by atoms with Crippen LogP contribution in [0.1, 0.15) is 32.6 Å².